The van der Waals surface area contributed by atoms with Crippen molar-refractivity contribution in [3.05, 3.63) is 23.5 Å². The molecule has 0 bridgehead atoms. The molecule has 116 valence electrons. The van der Waals surface area contributed by atoms with Gasteiger partial charge in [-0.25, -0.2) is 4.98 Å². The number of aromatic nitrogens is 2. The van der Waals surface area contributed by atoms with Gasteiger partial charge in [0, 0.05) is 23.8 Å². The first-order valence-corrected chi connectivity index (χ1v) is 9.14. The number of nitrogens with one attached hydrogen (secondary N) is 1. The van der Waals surface area contributed by atoms with Gasteiger partial charge in [0.05, 0.1) is 5.69 Å². The van der Waals surface area contributed by atoms with Crippen molar-refractivity contribution in [2.45, 2.75) is 52.5 Å². The van der Waals surface area contributed by atoms with Gasteiger partial charge in [0.1, 0.15) is 0 Å². The summed E-state index contributed by atoms with van der Waals surface area (Å²) in [6.07, 6.45) is 9.58. The van der Waals surface area contributed by atoms with E-state index in [0.717, 1.165) is 35.7 Å². The van der Waals surface area contributed by atoms with Crippen LogP contribution in [-0.4, -0.2) is 22.0 Å². The highest BCUT2D eigenvalue weighted by Gasteiger charge is 2.29. The lowest BCUT2D eigenvalue weighted by molar-refractivity contribution is 0.180. The topological polar surface area (TPSA) is 29.3 Å². The molecule has 0 aromatic carbocycles. The van der Waals surface area contributed by atoms with E-state index in [0.29, 0.717) is 6.04 Å². The Kier molecular flexibility index (Phi) is 4.65. The van der Waals surface area contributed by atoms with Crippen molar-refractivity contribution in [3.8, 4) is 0 Å². The number of imidazole rings is 1. The van der Waals surface area contributed by atoms with Gasteiger partial charge in [0.25, 0.3) is 0 Å². The molecule has 0 saturated heterocycles. The number of thiazole rings is 1. The predicted molar refractivity (Wildman–Crippen MR) is 89.9 cm³/mol. The molecule has 3 rings (SSSR count). The maximum Gasteiger partial charge on any atom is 0.193 e. The Hall–Kier alpha value is -0.870. The van der Waals surface area contributed by atoms with Crippen molar-refractivity contribution in [2.24, 2.45) is 17.8 Å². The van der Waals surface area contributed by atoms with Crippen LogP contribution in [0, 0.1) is 17.8 Å². The van der Waals surface area contributed by atoms with Crippen LogP contribution in [0.4, 0.5) is 0 Å². The summed E-state index contributed by atoms with van der Waals surface area (Å²) in [4.78, 5) is 5.91. The molecule has 21 heavy (non-hydrogen) atoms. The lowest BCUT2D eigenvalue weighted by Gasteiger charge is -2.35. The molecule has 0 aliphatic heterocycles. The van der Waals surface area contributed by atoms with E-state index in [2.05, 4.69) is 48.3 Å². The Labute approximate surface area is 131 Å². The largest absolute Gasteiger partial charge is 0.314 e. The Morgan fingerprint density at radius 1 is 1.38 bits per heavy atom. The van der Waals surface area contributed by atoms with Crippen LogP contribution in [0.25, 0.3) is 4.96 Å². The minimum atomic E-state index is 0.586. The third-order valence-corrected chi connectivity index (χ3v) is 5.58. The first kappa shape index (κ1) is 15.0. The molecule has 0 amide bonds. The fourth-order valence-corrected chi connectivity index (χ4v) is 4.33. The smallest absolute Gasteiger partial charge is 0.193 e. The first-order chi connectivity index (χ1) is 10.1. The highest BCUT2D eigenvalue weighted by molar-refractivity contribution is 7.15. The second-order valence-corrected chi connectivity index (χ2v) is 7.90. The van der Waals surface area contributed by atoms with Gasteiger partial charge in [0.2, 0.25) is 0 Å². The normalized spacial score (nSPS) is 26.8. The van der Waals surface area contributed by atoms with Gasteiger partial charge in [-0.1, -0.05) is 27.2 Å². The molecule has 3 atom stereocenters. The summed E-state index contributed by atoms with van der Waals surface area (Å²) < 4.78 is 2.16. The van der Waals surface area contributed by atoms with Crippen molar-refractivity contribution in [1.82, 2.24) is 14.7 Å². The molecule has 0 spiro atoms. The quantitative estimate of drug-likeness (QED) is 0.905. The second-order valence-electron chi connectivity index (χ2n) is 7.03. The molecule has 2 aromatic rings. The molecule has 0 radical (unpaired) electrons. The van der Waals surface area contributed by atoms with Crippen molar-refractivity contribution in [1.29, 1.82) is 0 Å². The number of hydrogen-bond acceptors (Lipinski definition) is 3. The van der Waals surface area contributed by atoms with Crippen LogP contribution in [0.5, 0.6) is 0 Å². The van der Waals surface area contributed by atoms with Crippen molar-refractivity contribution in [2.75, 3.05) is 6.54 Å². The highest BCUT2D eigenvalue weighted by Crippen LogP contribution is 2.35. The Morgan fingerprint density at radius 2 is 2.24 bits per heavy atom. The molecule has 1 saturated carbocycles. The van der Waals surface area contributed by atoms with Crippen molar-refractivity contribution < 1.29 is 0 Å². The molecular formula is C17H27N3S. The maximum atomic E-state index is 4.78. The second kappa shape index (κ2) is 6.49. The van der Waals surface area contributed by atoms with E-state index in [4.69, 9.17) is 4.98 Å². The summed E-state index contributed by atoms with van der Waals surface area (Å²) in [6.45, 7) is 8.05. The summed E-state index contributed by atoms with van der Waals surface area (Å²) in [5.41, 5.74) is 1.27. The maximum absolute atomic E-state index is 4.78. The van der Waals surface area contributed by atoms with E-state index < -0.39 is 0 Å². The van der Waals surface area contributed by atoms with Gasteiger partial charge >= 0.3 is 0 Å². The molecule has 1 aliphatic carbocycles. The standard InChI is InChI=1S/C17H27N3S/c1-12(2)18-10-14-5-4-13(3)8-15(14)9-16-11-20-6-7-21-17(20)19-16/h6-7,11-15,18H,4-5,8-10H2,1-3H3. The van der Waals surface area contributed by atoms with E-state index >= 15 is 0 Å². The average Bonchev–Trinajstić information content (AvgIpc) is 2.98. The minimum Gasteiger partial charge on any atom is -0.314 e. The number of rotatable bonds is 5. The van der Waals surface area contributed by atoms with Crippen LogP contribution in [0.2, 0.25) is 0 Å². The third-order valence-electron chi connectivity index (χ3n) is 4.80. The zero-order chi connectivity index (χ0) is 14.8. The average molecular weight is 305 g/mol. The molecule has 1 N–H and O–H groups in total. The molecule has 4 heteroatoms. The lowest BCUT2D eigenvalue weighted by Crippen LogP contribution is -2.36. The fraction of sp³-hybridized carbons (Fsp3) is 0.706. The van der Waals surface area contributed by atoms with Crippen molar-refractivity contribution in [3.63, 3.8) is 0 Å². The van der Waals surface area contributed by atoms with Crippen LogP contribution in [0.15, 0.2) is 17.8 Å². The van der Waals surface area contributed by atoms with E-state index in [1.807, 2.05) is 0 Å². The zero-order valence-corrected chi connectivity index (χ0v) is 14.2. The van der Waals surface area contributed by atoms with Gasteiger partial charge in [-0.05, 0) is 43.6 Å². The van der Waals surface area contributed by atoms with Gasteiger partial charge in [0.15, 0.2) is 4.96 Å². The summed E-state index contributed by atoms with van der Waals surface area (Å²) in [5, 5.41) is 5.75. The summed E-state index contributed by atoms with van der Waals surface area (Å²) >= 11 is 1.73. The Bertz CT molecular complexity index is 543. The molecule has 1 fully saturated rings. The summed E-state index contributed by atoms with van der Waals surface area (Å²) in [5.74, 6) is 2.46. The molecule has 3 unspecified atom stereocenters. The van der Waals surface area contributed by atoms with E-state index in [9.17, 15) is 0 Å². The molecule has 2 aromatic heterocycles. The molecular weight excluding hydrogens is 278 g/mol. The van der Waals surface area contributed by atoms with Crippen LogP contribution in [0.1, 0.15) is 45.7 Å². The Balaban J connectivity index is 1.68. The minimum absolute atomic E-state index is 0.586. The summed E-state index contributed by atoms with van der Waals surface area (Å²) in [6, 6.07) is 0.586. The van der Waals surface area contributed by atoms with E-state index in [-0.39, 0.29) is 0 Å². The van der Waals surface area contributed by atoms with Crippen LogP contribution < -0.4 is 5.32 Å². The number of hydrogen-bond donors (Lipinski definition) is 1. The van der Waals surface area contributed by atoms with Gasteiger partial charge in [-0.15, -0.1) is 11.3 Å². The van der Waals surface area contributed by atoms with E-state index in [1.165, 1.54) is 25.0 Å². The number of nitrogens with zero attached hydrogens (tertiary/aromatic N) is 2. The SMILES string of the molecule is CC1CCC(CNC(C)C)C(Cc2cn3ccsc3n2)C1. The van der Waals surface area contributed by atoms with Gasteiger partial charge in [-0.3, -0.25) is 4.40 Å². The third kappa shape index (κ3) is 3.67. The zero-order valence-electron chi connectivity index (χ0n) is 13.4. The van der Waals surface area contributed by atoms with Crippen LogP contribution in [-0.2, 0) is 6.42 Å². The van der Waals surface area contributed by atoms with Gasteiger partial charge < -0.3 is 5.32 Å². The van der Waals surface area contributed by atoms with Crippen molar-refractivity contribution >= 4 is 16.3 Å². The highest BCUT2D eigenvalue weighted by atomic mass is 32.1. The van der Waals surface area contributed by atoms with Gasteiger partial charge in [-0.2, -0.15) is 0 Å². The van der Waals surface area contributed by atoms with Crippen LogP contribution in [0.3, 0.4) is 0 Å². The monoisotopic (exact) mass is 305 g/mol. The summed E-state index contributed by atoms with van der Waals surface area (Å²) in [7, 11) is 0. The predicted octanol–water partition coefficient (Wildman–Crippen LogP) is 3.99. The number of fused-ring (bicyclic) bond motifs is 1. The van der Waals surface area contributed by atoms with Crippen LogP contribution >= 0.6 is 11.3 Å². The fourth-order valence-electron chi connectivity index (χ4n) is 3.61. The first-order valence-electron chi connectivity index (χ1n) is 8.26. The molecule has 1 aliphatic rings. The van der Waals surface area contributed by atoms with E-state index in [1.54, 1.807) is 11.3 Å². The lowest BCUT2D eigenvalue weighted by atomic mass is 9.72. The molecule has 3 nitrogen and oxygen atoms in total. The Morgan fingerprint density at radius 3 is 3.00 bits per heavy atom. The molecule has 2 heterocycles.